The molecule has 0 aliphatic rings. The van der Waals surface area contributed by atoms with E-state index in [-0.39, 0.29) is 12.5 Å². The third-order valence-corrected chi connectivity index (χ3v) is 3.74. The van der Waals surface area contributed by atoms with Gasteiger partial charge in [-0.15, -0.1) is 0 Å². The standard InChI is InChI=1S/C19H27N3O7/c1-4-21(5-2)17(23)13-29-15-8-7-14(9-16(15)28-6-3)10-20-22(11-18(24)25)12-19(26)27/h7-10H,4-6,11-13H2,1-3H3,(H,24,25)(H,26,27)/b20-10-. The molecular formula is C19H27N3O7. The number of hydrogen-bond acceptors (Lipinski definition) is 7. The van der Waals surface area contributed by atoms with E-state index in [2.05, 4.69) is 5.10 Å². The number of nitrogens with zero attached hydrogens (tertiary/aromatic N) is 3. The highest BCUT2D eigenvalue weighted by atomic mass is 16.5. The molecule has 10 nitrogen and oxygen atoms in total. The average molecular weight is 409 g/mol. The van der Waals surface area contributed by atoms with E-state index >= 15 is 0 Å². The summed E-state index contributed by atoms with van der Waals surface area (Å²) in [5.41, 5.74) is 0.552. The quantitative estimate of drug-likeness (QED) is 0.366. The van der Waals surface area contributed by atoms with E-state index in [1.807, 2.05) is 13.8 Å². The van der Waals surface area contributed by atoms with Crippen molar-refractivity contribution in [3.8, 4) is 11.5 Å². The summed E-state index contributed by atoms with van der Waals surface area (Å²) in [5, 5.41) is 22.5. The maximum absolute atomic E-state index is 12.1. The number of benzene rings is 1. The minimum absolute atomic E-state index is 0.125. The van der Waals surface area contributed by atoms with Crippen LogP contribution in [0.15, 0.2) is 23.3 Å². The van der Waals surface area contributed by atoms with Crippen LogP contribution >= 0.6 is 0 Å². The van der Waals surface area contributed by atoms with E-state index in [0.717, 1.165) is 5.01 Å². The minimum atomic E-state index is -1.19. The first kappa shape index (κ1) is 23.7. The Kier molecular flexibility index (Phi) is 10.00. The number of likely N-dealkylation sites (N-methyl/N-ethyl adjacent to an activating group) is 1. The van der Waals surface area contributed by atoms with Crippen molar-refractivity contribution < 1.29 is 34.1 Å². The number of carbonyl (C=O) groups is 3. The van der Waals surface area contributed by atoms with Crippen LogP contribution < -0.4 is 9.47 Å². The molecule has 0 saturated carbocycles. The van der Waals surface area contributed by atoms with E-state index < -0.39 is 25.0 Å². The molecule has 29 heavy (non-hydrogen) atoms. The largest absolute Gasteiger partial charge is 0.490 e. The highest BCUT2D eigenvalue weighted by molar-refractivity contribution is 5.82. The molecule has 0 unspecified atom stereocenters. The molecule has 160 valence electrons. The summed E-state index contributed by atoms with van der Waals surface area (Å²) in [5.74, 6) is -1.75. The van der Waals surface area contributed by atoms with Crippen LogP contribution in [0.2, 0.25) is 0 Å². The van der Waals surface area contributed by atoms with Gasteiger partial charge in [-0.05, 0) is 44.5 Å². The van der Waals surface area contributed by atoms with Gasteiger partial charge in [-0.25, -0.2) is 0 Å². The third kappa shape index (κ3) is 8.50. The number of aliphatic carboxylic acids is 2. The van der Waals surface area contributed by atoms with Gasteiger partial charge in [0.05, 0.1) is 12.8 Å². The van der Waals surface area contributed by atoms with Crippen molar-refractivity contribution in [1.82, 2.24) is 9.91 Å². The zero-order valence-electron chi connectivity index (χ0n) is 16.8. The maximum Gasteiger partial charge on any atom is 0.324 e. The normalized spacial score (nSPS) is 10.6. The highest BCUT2D eigenvalue weighted by Crippen LogP contribution is 2.28. The summed E-state index contributed by atoms with van der Waals surface area (Å²) < 4.78 is 11.1. The first-order valence-electron chi connectivity index (χ1n) is 9.20. The second kappa shape index (κ2) is 12.2. The van der Waals surface area contributed by atoms with Gasteiger partial charge in [-0.3, -0.25) is 19.4 Å². The summed E-state index contributed by atoms with van der Waals surface area (Å²) in [7, 11) is 0. The molecule has 0 heterocycles. The van der Waals surface area contributed by atoms with Crippen molar-refractivity contribution in [3.05, 3.63) is 23.8 Å². The molecule has 0 bridgehead atoms. The molecule has 0 aliphatic carbocycles. The summed E-state index contributed by atoms with van der Waals surface area (Å²) in [4.78, 5) is 35.4. The fourth-order valence-corrected chi connectivity index (χ4v) is 2.40. The van der Waals surface area contributed by atoms with E-state index in [9.17, 15) is 14.4 Å². The monoisotopic (exact) mass is 409 g/mol. The molecule has 0 spiro atoms. The Morgan fingerprint density at radius 2 is 1.62 bits per heavy atom. The number of hydrazone groups is 1. The Bertz CT molecular complexity index is 717. The number of amides is 1. The predicted octanol–water partition coefficient (Wildman–Crippen LogP) is 1.14. The Balaban J connectivity index is 2.93. The molecule has 0 fully saturated rings. The van der Waals surface area contributed by atoms with Crippen LogP contribution in [0.5, 0.6) is 11.5 Å². The summed E-state index contributed by atoms with van der Waals surface area (Å²) in [6.07, 6.45) is 1.33. The van der Waals surface area contributed by atoms with Gasteiger partial charge in [0.1, 0.15) is 13.1 Å². The SMILES string of the molecule is CCOc1cc(/C=N\N(CC(=O)O)CC(=O)O)ccc1OCC(=O)N(CC)CC. The maximum atomic E-state index is 12.1. The number of rotatable bonds is 13. The Hall–Kier alpha value is -3.30. The second-order valence-corrected chi connectivity index (χ2v) is 5.85. The molecule has 1 amide bonds. The molecule has 1 rings (SSSR count). The second-order valence-electron chi connectivity index (χ2n) is 5.85. The fraction of sp³-hybridized carbons (Fsp3) is 0.474. The zero-order valence-corrected chi connectivity index (χ0v) is 16.8. The van der Waals surface area contributed by atoms with Gasteiger partial charge < -0.3 is 24.6 Å². The van der Waals surface area contributed by atoms with Crippen LogP contribution in [0.3, 0.4) is 0 Å². The first-order valence-corrected chi connectivity index (χ1v) is 9.20. The van der Waals surface area contributed by atoms with E-state index in [1.165, 1.54) is 6.21 Å². The number of carboxylic acids is 2. The fourth-order valence-electron chi connectivity index (χ4n) is 2.40. The lowest BCUT2D eigenvalue weighted by molar-refractivity contribution is -0.141. The third-order valence-electron chi connectivity index (χ3n) is 3.74. The molecular weight excluding hydrogens is 382 g/mol. The zero-order chi connectivity index (χ0) is 21.8. The summed E-state index contributed by atoms with van der Waals surface area (Å²) in [6.45, 7) is 5.91. The van der Waals surface area contributed by atoms with Gasteiger partial charge in [0.15, 0.2) is 18.1 Å². The average Bonchev–Trinajstić information content (AvgIpc) is 2.65. The van der Waals surface area contributed by atoms with Crippen molar-refractivity contribution in [3.63, 3.8) is 0 Å². The lowest BCUT2D eigenvalue weighted by Gasteiger charge is -2.19. The minimum Gasteiger partial charge on any atom is -0.490 e. The predicted molar refractivity (Wildman–Crippen MR) is 105 cm³/mol. The Labute approximate surface area is 169 Å². The molecule has 1 aromatic carbocycles. The van der Waals surface area contributed by atoms with Crippen molar-refractivity contribution in [1.29, 1.82) is 0 Å². The molecule has 0 saturated heterocycles. The summed E-state index contributed by atoms with van der Waals surface area (Å²) in [6, 6.07) is 4.87. The van der Waals surface area contributed by atoms with E-state index in [1.54, 1.807) is 30.0 Å². The van der Waals surface area contributed by atoms with Crippen molar-refractivity contribution in [2.24, 2.45) is 5.10 Å². The molecule has 0 aromatic heterocycles. The molecule has 0 aliphatic heterocycles. The topological polar surface area (TPSA) is 129 Å². The van der Waals surface area contributed by atoms with Gasteiger partial charge in [0.2, 0.25) is 0 Å². The van der Waals surface area contributed by atoms with Crippen LogP contribution in [0, 0.1) is 0 Å². The lowest BCUT2D eigenvalue weighted by atomic mass is 10.2. The van der Waals surface area contributed by atoms with E-state index in [4.69, 9.17) is 19.7 Å². The van der Waals surface area contributed by atoms with Gasteiger partial charge in [-0.2, -0.15) is 5.10 Å². The first-order chi connectivity index (χ1) is 13.8. The number of carboxylic acid groups (broad SMARTS) is 2. The van der Waals surface area contributed by atoms with Crippen molar-refractivity contribution >= 4 is 24.1 Å². The molecule has 2 N–H and O–H groups in total. The van der Waals surface area contributed by atoms with Crippen LogP contribution in [0.25, 0.3) is 0 Å². The molecule has 1 aromatic rings. The van der Waals surface area contributed by atoms with Gasteiger partial charge in [0, 0.05) is 13.1 Å². The van der Waals surface area contributed by atoms with Gasteiger partial charge >= 0.3 is 11.9 Å². The molecule has 0 radical (unpaired) electrons. The van der Waals surface area contributed by atoms with Crippen LogP contribution in [0.1, 0.15) is 26.3 Å². The smallest absolute Gasteiger partial charge is 0.324 e. The molecule has 10 heteroatoms. The number of ether oxygens (including phenoxy) is 2. The Morgan fingerprint density at radius 3 is 2.14 bits per heavy atom. The molecule has 0 atom stereocenters. The van der Waals surface area contributed by atoms with E-state index in [0.29, 0.717) is 36.8 Å². The highest BCUT2D eigenvalue weighted by Gasteiger charge is 2.14. The van der Waals surface area contributed by atoms with Crippen LogP contribution in [0.4, 0.5) is 0 Å². The van der Waals surface area contributed by atoms with Crippen LogP contribution in [-0.2, 0) is 14.4 Å². The summed E-state index contributed by atoms with van der Waals surface area (Å²) >= 11 is 0. The number of carbonyl (C=O) groups excluding carboxylic acids is 1. The number of hydrogen-bond donors (Lipinski definition) is 2. The van der Waals surface area contributed by atoms with Gasteiger partial charge in [0.25, 0.3) is 5.91 Å². The Morgan fingerprint density at radius 1 is 1.00 bits per heavy atom. The van der Waals surface area contributed by atoms with Crippen molar-refractivity contribution in [2.75, 3.05) is 39.4 Å². The van der Waals surface area contributed by atoms with Gasteiger partial charge in [-0.1, -0.05) is 0 Å². The van der Waals surface area contributed by atoms with Crippen LogP contribution in [-0.4, -0.2) is 83.6 Å². The van der Waals surface area contributed by atoms with Crippen molar-refractivity contribution in [2.45, 2.75) is 20.8 Å². The lowest BCUT2D eigenvalue weighted by Crippen LogP contribution is -2.34.